The van der Waals surface area contributed by atoms with Gasteiger partial charge in [0.1, 0.15) is 5.82 Å². The Kier molecular flexibility index (Phi) is 3.19. The second-order valence-corrected chi connectivity index (χ2v) is 4.09. The van der Waals surface area contributed by atoms with E-state index in [1.807, 2.05) is 6.20 Å². The van der Waals surface area contributed by atoms with Gasteiger partial charge in [0.15, 0.2) is 0 Å². The molecule has 0 unspecified atom stereocenters. The molecule has 14 heavy (non-hydrogen) atoms. The van der Waals surface area contributed by atoms with Gasteiger partial charge in [-0.25, -0.2) is 4.98 Å². The number of hydrogen-bond donors (Lipinski definition) is 2. The van der Waals surface area contributed by atoms with Crippen molar-refractivity contribution in [2.75, 3.05) is 6.61 Å². The van der Waals surface area contributed by atoms with E-state index in [0.29, 0.717) is 12.3 Å². The van der Waals surface area contributed by atoms with Gasteiger partial charge in [0.2, 0.25) is 0 Å². The van der Waals surface area contributed by atoms with Gasteiger partial charge in [-0.2, -0.15) is 0 Å². The van der Waals surface area contributed by atoms with Gasteiger partial charge in [-0.05, 0) is 12.8 Å². The monoisotopic (exact) mass is 194 g/mol. The molecule has 2 N–H and O–H groups in total. The zero-order chi connectivity index (χ0) is 9.80. The molecule has 1 aliphatic carbocycles. The molecule has 1 aliphatic rings. The molecule has 1 heterocycles. The Hall–Kier alpha value is -0.830. The number of aliphatic hydroxyl groups excluding tert-OH is 1. The van der Waals surface area contributed by atoms with Gasteiger partial charge in [-0.15, -0.1) is 0 Å². The van der Waals surface area contributed by atoms with Gasteiger partial charge in [0.05, 0.1) is 6.61 Å². The van der Waals surface area contributed by atoms with Crippen molar-refractivity contribution in [3.63, 3.8) is 0 Å². The zero-order valence-corrected chi connectivity index (χ0v) is 8.50. The molecule has 0 saturated heterocycles. The molecule has 0 aliphatic heterocycles. The van der Waals surface area contributed by atoms with E-state index < -0.39 is 0 Å². The highest BCUT2D eigenvalue weighted by Gasteiger charge is 2.17. The standard InChI is InChI=1S/C11H18N2O/c14-7-6-11-12-8-10(13-11)9-4-2-1-3-5-9/h8-9,14H,1-7H2,(H,12,13). The van der Waals surface area contributed by atoms with Crippen LogP contribution in [0.25, 0.3) is 0 Å². The highest BCUT2D eigenvalue weighted by molar-refractivity contribution is 5.08. The molecule has 0 bridgehead atoms. The molecule has 0 radical (unpaired) electrons. The highest BCUT2D eigenvalue weighted by Crippen LogP contribution is 2.31. The number of aromatic amines is 1. The molecule has 1 aromatic rings. The van der Waals surface area contributed by atoms with Crippen LogP contribution in [0, 0.1) is 0 Å². The average Bonchev–Trinajstić information content (AvgIpc) is 2.68. The molecule has 2 rings (SSSR count). The fourth-order valence-electron chi connectivity index (χ4n) is 2.23. The van der Waals surface area contributed by atoms with Crippen molar-refractivity contribution in [1.82, 2.24) is 9.97 Å². The number of aromatic nitrogens is 2. The zero-order valence-electron chi connectivity index (χ0n) is 8.50. The molecule has 3 nitrogen and oxygen atoms in total. The van der Waals surface area contributed by atoms with Crippen LogP contribution >= 0.6 is 0 Å². The second kappa shape index (κ2) is 4.60. The molecule has 1 fully saturated rings. The number of nitrogens with zero attached hydrogens (tertiary/aromatic N) is 1. The van der Waals surface area contributed by atoms with Crippen molar-refractivity contribution in [3.05, 3.63) is 17.7 Å². The van der Waals surface area contributed by atoms with Gasteiger partial charge in [0, 0.05) is 24.2 Å². The van der Waals surface area contributed by atoms with Crippen LogP contribution in [0.1, 0.15) is 49.5 Å². The number of rotatable bonds is 3. The molecule has 0 spiro atoms. The number of nitrogens with one attached hydrogen (secondary N) is 1. The largest absolute Gasteiger partial charge is 0.396 e. The van der Waals surface area contributed by atoms with E-state index in [4.69, 9.17) is 5.11 Å². The van der Waals surface area contributed by atoms with E-state index >= 15 is 0 Å². The summed E-state index contributed by atoms with van der Waals surface area (Å²) >= 11 is 0. The summed E-state index contributed by atoms with van der Waals surface area (Å²) in [4.78, 5) is 7.58. The van der Waals surface area contributed by atoms with Crippen molar-refractivity contribution in [2.24, 2.45) is 0 Å². The number of hydrogen-bond acceptors (Lipinski definition) is 2. The molecular formula is C11H18N2O. The maximum atomic E-state index is 8.78. The third-order valence-electron chi connectivity index (χ3n) is 3.04. The summed E-state index contributed by atoms with van der Waals surface area (Å²) in [7, 11) is 0. The van der Waals surface area contributed by atoms with Crippen LogP contribution in [0.4, 0.5) is 0 Å². The summed E-state index contributed by atoms with van der Waals surface area (Å²) in [6.07, 6.45) is 9.25. The minimum Gasteiger partial charge on any atom is -0.396 e. The van der Waals surface area contributed by atoms with Crippen LogP contribution in [-0.2, 0) is 6.42 Å². The predicted octanol–water partition coefficient (Wildman–Crippen LogP) is 1.99. The van der Waals surface area contributed by atoms with Crippen LogP contribution in [0.15, 0.2) is 6.20 Å². The molecule has 3 heteroatoms. The van der Waals surface area contributed by atoms with Crippen LogP contribution in [0.5, 0.6) is 0 Å². The van der Waals surface area contributed by atoms with Crippen LogP contribution in [-0.4, -0.2) is 21.7 Å². The quantitative estimate of drug-likeness (QED) is 0.773. The first-order valence-corrected chi connectivity index (χ1v) is 5.55. The highest BCUT2D eigenvalue weighted by atomic mass is 16.3. The summed E-state index contributed by atoms with van der Waals surface area (Å²) in [5, 5.41) is 8.78. The Morgan fingerprint density at radius 3 is 2.86 bits per heavy atom. The predicted molar refractivity (Wildman–Crippen MR) is 55.2 cm³/mol. The van der Waals surface area contributed by atoms with Gasteiger partial charge in [-0.1, -0.05) is 19.3 Å². The minimum atomic E-state index is 0.178. The Morgan fingerprint density at radius 2 is 2.14 bits per heavy atom. The molecule has 1 aromatic heterocycles. The average molecular weight is 194 g/mol. The molecule has 1 saturated carbocycles. The molecule has 0 atom stereocenters. The third kappa shape index (κ3) is 2.15. The minimum absolute atomic E-state index is 0.178. The van der Waals surface area contributed by atoms with E-state index in [1.165, 1.54) is 37.8 Å². The molecule has 0 amide bonds. The van der Waals surface area contributed by atoms with E-state index in [0.717, 1.165) is 5.82 Å². The van der Waals surface area contributed by atoms with Gasteiger partial charge >= 0.3 is 0 Å². The number of imidazole rings is 1. The maximum absolute atomic E-state index is 8.78. The first-order valence-electron chi connectivity index (χ1n) is 5.55. The summed E-state index contributed by atoms with van der Waals surface area (Å²) in [6.45, 7) is 0.178. The van der Waals surface area contributed by atoms with Gasteiger partial charge in [0.25, 0.3) is 0 Å². The second-order valence-electron chi connectivity index (χ2n) is 4.09. The number of aliphatic hydroxyl groups is 1. The first-order chi connectivity index (χ1) is 6.90. The van der Waals surface area contributed by atoms with Crippen molar-refractivity contribution < 1.29 is 5.11 Å². The van der Waals surface area contributed by atoms with E-state index in [-0.39, 0.29) is 6.61 Å². The fraction of sp³-hybridized carbons (Fsp3) is 0.727. The molecular weight excluding hydrogens is 176 g/mol. The Labute approximate surface area is 84.6 Å². The Morgan fingerprint density at radius 1 is 1.36 bits per heavy atom. The smallest absolute Gasteiger partial charge is 0.108 e. The Balaban J connectivity index is 2.00. The molecule has 0 aromatic carbocycles. The third-order valence-corrected chi connectivity index (χ3v) is 3.04. The van der Waals surface area contributed by atoms with E-state index in [1.54, 1.807) is 0 Å². The van der Waals surface area contributed by atoms with Crippen molar-refractivity contribution in [3.8, 4) is 0 Å². The topological polar surface area (TPSA) is 48.9 Å². The van der Waals surface area contributed by atoms with Crippen LogP contribution < -0.4 is 0 Å². The summed E-state index contributed by atoms with van der Waals surface area (Å²) < 4.78 is 0. The normalized spacial score (nSPS) is 18.6. The first kappa shape index (κ1) is 9.71. The van der Waals surface area contributed by atoms with E-state index in [2.05, 4.69) is 9.97 Å². The van der Waals surface area contributed by atoms with Crippen LogP contribution in [0.2, 0.25) is 0 Å². The Bertz CT molecular complexity index is 277. The molecule has 78 valence electrons. The maximum Gasteiger partial charge on any atom is 0.108 e. The fourth-order valence-corrected chi connectivity index (χ4v) is 2.23. The lowest BCUT2D eigenvalue weighted by atomic mass is 9.87. The lowest BCUT2D eigenvalue weighted by Gasteiger charge is -2.19. The van der Waals surface area contributed by atoms with Crippen molar-refractivity contribution in [2.45, 2.75) is 44.4 Å². The lowest BCUT2D eigenvalue weighted by molar-refractivity contribution is 0.297. The van der Waals surface area contributed by atoms with Crippen LogP contribution in [0.3, 0.4) is 0 Å². The lowest BCUT2D eigenvalue weighted by Crippen LogP contribution is -2.05. The van der Waals surface area contributed by atoms with Crippen molar-refractivity contribution in [1.29, 1.82) is 0 Å². The summed E-state index contributed by atoms with van der Waals surface area (Å²) in [5.41, 5.74) is 1.27. The summed E-state index contributed by atoms with van der Waals surface area (Å²) in [6, 6.07) is 0. The van der Waals surface area contributed by atoms with Gasteiger partial charge in [-0.3, -0.25) is 0 Å². The van der Waals surface area contributed by atoms with Crippen molar-refractivity contribution >= 4 is 0 Å². The number of H-pyrrole nitrogens is 1. The SMILES string of the molecule is OCCc1ncc(C2CCCCC2)[nH]1. The van der Waals surface area contributed by atoms with E-state index in [9.17, 15) is 0 Å². The van der Waals surface area contributed by atoms with Gasteiger partial charge < -0.3 is 10.1 Å². The summed E-state index contributed by atoms with van der Waals surface area (Å²) in [5.74, 6) is 1.61.